The van der Waals surface area contributed by atoms with Crippen LogP contribution >= 0.6 is 0 Å². The third kappa shape index (κ3) is 8.82. The average Bonchev–Trinajstić information content (AvgIpc) is 0. The van der Waals surface area contributed by atoms with Gasteiger partial charge in [0.2, 0.25) is 0 Å². The molecule has 0 aromatic rings. The fourth-order valence-corrected chi connectivity index (χ4v) is 0. The molecular formula is AsGaTiW. The number of hydrogen-bond acceptors (Lipinski definition) is 0. The van der Waals surface area contributed by atoms with Crippen LogP contribution in [0.3, 0.4) is 0 Å². The first-order valence-corrected chi connectivity index (χ1v) is 0. The largest absolute Gasteiger partial charge is 3.00 e. The van der Waals surface area contributed by atoms with Gasteiger partial charge in [0.05, 0.1) is 0 Å². The monoisotopic (exact) mass is 376 g/mol. The minimum absolute atomic E-state index is 0. The molecular weight excluding hydrogens is 376 g/mol. The van der Waals surface area contributed by atoms with E-state index in [4.69, 9.17) is 0 Å². The summed E-state index contributed by atoms with van der Waals surface area (Å²) in [5, 5.41) is 0. The molecule has 4 heavy (non-hydrogen) atoms. The van der Waals surface area contributed by atoms with Gasteiger partial charge in [-0.25, -0.2) is 0 Å². The summed E-state index contributed by atoms with van der Waals surface area (Å²) in [6.07, 6.45) is 0. The van der Waals surface area contributed by atoms with Crippen molar-refractivity contribution in [2.24, 2.45) is 0 Å². The standard InChI is InChI=1S/As.Ga.Ti.W/q-3;+3;;. The molecule has 0 N–H and O–H groups in total. The van der Waals surface area contributed by atoms with E-state index in [0.717, 1.165) is 0 Å². The third-order valence-electron chi connectivity index (χ3n) is 0. The molecule has 0 aliphatic rings. The second kappa shape index (κ2) is 17.5. The van der Waals surface area contributed by atoms with Gasteiger partial charge in [-0.15, -0.1) is 0 Å². The third-order valence-corrected chi connectivity index (χ3v) is 0. The van der Waals surface area contributed by atoms with E-state index >= 15 is 0 Å². The fourth-order valence-electron chi connectivity index (χ4n) is 0. The van der Waals surface area contributed by atoms with Gasteiger partial charge in [-0.1, -0.05) is 0 Å². The van der Waals surface area contributed by atoms with Gasteiger partial charge in [-0.3, -0.25) is 0 Å². The Morgan fingerprint density at radius 1 is 1.00 bits per heavy atom. The summed E-state index contributed by atoms with van der Waals surface area (Å²) >= 11 is 0. The van der Waals surface area contributed by atoms with Crippen molar-refractivity contribution in [3.8, 4) is 0 Å². The van der Waals surface area contributed by atoms with Crippen LogP contribution in [0.1, 0.15) is 0 Å². The van der Waals surface area contributed by atoms with Crippen molar-refractivity contribution in [2.45, 2.75) is 0 Å². The smallest absolute Gasteiger partial charge is 3.00 e. The van der Waals surface area contributed by atoms with Gasteiger partial charge in [0.1, 0.15) is 0 Å². The Morgan fingerprint density at radius 2 is 1.00 bits per heavy atom. The minimum Gasteiger partial charge on any atom is -3.00 e. The van der Waals surface area contributed by atoms with Crippen molar-refractivity contribution < 1.29 is 42.8 Å². The molecule has 0 heterocycles. The topological polar surface area (TPSA) is 0 Å². The van der Waals surface area contributed by atoms with E-state index in [-0.39, 0.29) is 80.5 Å². The molecule has 4 heteroatoms. The Kier molecular flexibility index (Phi) is 134. The van der Waals surface area contributed by atoms with E-state index in [1.807, 2.05) is 0 Å². The molecule has 0 aliphatic carbocycles. The summed E-state index contributed by atoms with van der Waals surface area (Å²) in [7, 11) is 0. The van der Waals surface area contributed by atoms with Crippen molar-refractivity contribution in [2.75, 3.05) is 0 Å². The number of rotatable bonds is 0. The van der Waals surface area contributed by atoms with Gasteiger partial charge in [-0.05, 0) is 0 Å². The average molecular weight is 376 g/mol. The van der Waals surface area contributed by atoms with Crippen molar-refractivity contribution >= 4 is 37.7 Å². The molecule has 0 spiro atoms. The van der Waals surface area contributed by atoms with Gasteiger partial charge in [0.15, 0.2) is 0 Å². The van der Waals surface area contributed by atoms with Crippen molar-refractivity contribution in [1.82, 2.24) is 0 Å². The maximum absolute atomic E-state index is 0. The van der Waals surface area contributed by atoms with E-state index in [2.05, 4.69) is 0 Å². The Bertz CT molecular complexity index is 8.00. The van der Waals surface area contributed by atoms with E-state index in [1.165, 1.54) is 0 Å². The first kappa shape index (κ1) is 30.6. The molecule has 0 aliphatic heterocycles. The van der Waals surface area contributed by atoms with Crippen LogP contribution in [0.2, 0.25) is 0 Å². The fraction of sp³-hybridized carbons (Fsp3) is 0. The van der Waals surface area contributed by atoms with E-state index < -0.39 is 0 Å². The predicted octanol–water partition coefficient (Wildman–Crippen LogP) is -0.767. The molecule has 0 nitrogen and oxygen atoms in total. The van der Waals surface area contributed by atoms with Gasteiger partial charge in [0, 0.05) is 42.8 Å². The zero-order valence-electron chi connectivity index (χ0n) is 1.93. The normalized spacial score (nSPS) is 0. The summed E-state index contributed by atoms with van der Waals surface area (Å²) < 4.78 is 0. The summed E-state index contributed by atoms with van der Waals surface area (Å²) in [6.45, 7) is 0. The van der Waals surface area contributed by atoms with Gasteiger partial charge >= 0.3 is 19.8 Å². The van der Waals surface area contributed by atoms with Crippen molar-refractivity contribution in [3.63, 3.8) is 0 Å². The van der Waals surface area contributed by atoms with Crippen LogP contribution < -0.4 is 0 Å². The molecule has 0 fully saturated rings. The molecule has 0 bridgehead atoms. The molecule has 0 amide bonds. The molecule has 0 unspecified atom stereocenters. The molecule has 0 saturated heterocycles. The minimum atomic E-state index is 0. The summed E-state index contributed by atoms with van der Waals surface area (Å²) in [4.78, 5) is 0. The Hall–Kier alpha value is 2.60. The van der Waals surface area contributed by atoms with E-state index in [1.54, 1.807) is 0 Å². The first-order chi connectivity index (χ1) is 0. The van der Waals surface area contributed by atoms with Gasteiger partial charge < -0.3 is 18.0 Å². The molecule has 0 aromatic heterocycles. The van der Waals surface area contributed by atoms with Gasteiger partial charge in [0.25, 0.3) is 0 Å². The van der Waals surface area contributed by atoms with Crippen LogP contribution in [0.25, 0.3) is 0 Å². The quantitative estimate of drug-likeness (QED) is 0.488. The molecule has 0 aromatic carbocycles. The second-order valence-corrected chi connectivity index (χ2v) is 0. The molecule has 18 valence electrons. The van der Waals surface area contributed by atoms with Crippen LogP contribution in [0.15, 0.2) is 0 Å². The molecule has 0 radical (unpaired) electrons. The van der Waals surface area contributed by atoms with E-state index in [9.17, 15) is 0 Å². The van der Waals surface area contributed by atoms with Crippen LogP contribution in [0.4, 0.5) is 0 Å². The van der Waals surface area contributed by atoms with Crippen molar-refractivity contribution in [3.05, 3.63) is 0 Å². The molecule has 0 atom stereocenters. The summed E-state index contributed by atoms with van der Waals surface area (Å²) in [6, 6.07) is 0. The zero-order chi connectivity index (χ0) is 0. The molecule has 0 saturated carbocycles. The second-order valence-electron chi connectivity index (χ2n) is 0. The van der Waals surface area contributed by atoms with Crippen LogP contribution in [-0.2, 0) is 42.8 Å². The van der Waals surface area contributed by atoms with Crippen molar-refractivity contribution in [1.29, 1.82) is 0 Å². The Balaban J connectivity index is 0. The zero-order valence-corrected chi connectivity index (χ0v) is 10.7. The van der Waals surface area contributed by atoms with Gasteiger partial charge in [-0.2, -0.15) is 0 Å². The van der Waals surface area contributed by atoms with Crippen LogP contribution in [0, 0.1) is 0 Å². The number of hydrogen-bond donors (Lipinski definition) is 0. The maximum Gasteiger partial charge on any atom is 3.00 e. The maximum atomic E-state index is 0. The predicted molar refractivity (Wildman–Crippen MR) is 11.5 cm³/mol. The van der Waals surface area contributed by atoms with Crippen LogP contribution in [-0.4, -0.2) is 37.7 Å². The van der Waals surface area contributed by atoms with E-state index in [0.29, 0.717) is 0 Å². The SMILES string of the molecule is [As-3].[Ga+3].[Ti].[W]. The Morgan fingerprint density at radius 3 is 1.00 bits per heavy atom. The summed E-state index contributed by atoms with van der Waals surface area (Å²) in [5.41, 5.74) is 0. The first-order valence-electron chi connectivity index (χ1n) is 0. The molecule has 0 rings (SSSR count). The van der Waals surface area contributed by atoms with Crippen LogP contribution in [0.5, 0.6) is 0 Å². The summed E-state index contributed by atoms with van der Waals surface area (Å²) in [5.74, 6) is 0. The Labute approximate surface area is 79.4 Å².